The third-order valence-electron chi connectivity index (χ3n) is 2.52. The van der Waals surface area contributed by atoms with E-state index in [0.717, 1.165) is 19.3 Å². The molecular weight excluding hydrogens is 212 g/mol. The quantitative estimate of drug-likeness (QED) is 0.444. The molecule has 0 aromatic carbocycles. The summed E-state index contributed by atoms with van der Waals surface area (Å²) in [5.74, 6) is -0.355. The number of nitrogens with zero attached hydrogens (tertiary/aromatic N) is 1. The summed E-state index contributed by atoms with van der Waals surface area (Å²) in [4.78, 5) is 15.1. The molecule has 0 saturated carbocycles. The van der Waals surface area contributed by atoms with E-state index in [0.29, 0.717) is 12.0 Å². The van der Waals surface area contributed by atoms with Crippen LogP contribution in [0, 0.1) is 0 Å². The lowest BCUT2D eigenvalue weighted by Gasteiger charge is -2.03. The standard InChI is InChI=1S/C14H18N2O/c1-2-6-13(14(15)17)9-4-3-7-12-8-5-10-16-11-12/h2,5-6,8,10-11H,1,3-4,7,9H2,(H2,15,17). The van der Waals surface area contributed by atoms with Crippen molar-refractivity contribution < 1.29 is 4.79 Å². The average molecular weight is 230 g/mol. The van der Waals surface area contributed by atoms with Gasteiger partial charge in [-0.1, -0.05) is 24.8 Å². The number of hydrogen-bond donors (Lipinski definition) is 1. The van der Waals surface area contributed by atoms with Crippen molar-refractivity contribution in [2.24, 2.45) is 5.73 Å². The lowest BCUT2D eigenvalue weighted by Crippen LogP contribution is -2.13. The second-order valence-corrected chi connectivity index (χ2v) is 3.86. The zero-order chi connectivity index (χ0) is 12.5. The summed E-state index contributed by atoms with van der Waals surface area (Å²) in [5, 5.41) is 0. The zero-order valence-electron chi connectivity index (χ0n) is 9.93. The maximum Gasteiger partial charge on any atom is 0.244 e. The second-order valence-electron chi connectivity index (χ2n) is 3.86. The minimum atomic E-state index is -0.355. The maximum absolute atomic E-state index is 11.0. The molecule has 2 N–H and O–H groups in total. The number of allylic oxidation sites excluding steroid dienone is 2. The van der Waals surface area contributed by atoms with Crippen LogP contribution in [0.5, 0.6) is 0 Å². The highest BCUT2D eigenvalue weighted by molar-refractivity contribution is 5.92. The maximum atomic E-state index is 11.0. The molecule has 0 aliphatic carbocycles. The van der Waals surface area contributed by atoms with Crippen LogP contribution >= 0.6 is 0 Å². The molecule has 0 unspecified atom stereocenters. The molecule has 0 bridgehead atoms. The summed E-state index contributed by atoms with van der Waals surface area (Å²) in [7, 11) is 0. The highest BCUT2D eigenvalue weighted by Gasteiger charge is 2.03. The van der Waals surface area contributed by atoms with Gasteiger partial charge in [0.2, 0.25) is 5.91 Å². The molecular formula is C14H18N2O. The zero-order valence-corrected chi connectivity index (χ0v) is 9.93. The fourth-order valence-electron chi connectivity index (χ4n) is 1.62. The molecule has 1 aromatic rings. The first-order chi connectivity index (χ1) is 8.24. The minimum absolute atomic E-state index is 0.355. The topological polar surface area (TPSA) is 56.0 Å². The lowest BCUT2D eigenvalue weighted by molar-refractivity contribution is -0.114. The van der Waals surface area contributed by atoms with Crippen LogP contribution in [0.3, 0.4) is 0 Å². The van der Waals surface area contributed by atoms with Crippen molar-refractivity contribution in [3.63, 3.8) is 0 Å². The fourth-order valence-corrected chi connectivity index (χ4v) is 1.62. The molecule has 0 saturated heterocycles. The number of aryl methyl sites for hydroxylation is 1. The summed E-state index contributed by atoms with van der Waals surface area (Å²) >= 11 is 0. The molecule has 90 valence electrons. The van der Waals surface area contributed by atoms with Gasteiger partial charge in [-0.15, -0.1) is 0 Å². The van der Waals surface area contributed by atoms with Gasteiger partial charge in [0.1, 0.15) is 0 Å². The van der Waals surface area contributed by atoms with Crippen molar-refractivity contribution in [3.05, 3.63) is 54.4 Å². The number of unbranched alkanes of at least 4 members (excludes halogenated alkanes) is 1. The fraction of sp³-hybridized carbons (Fsp3) is 0.286. The highest BCUT2D eigenvalue weighted by Crippen LogP contribution is 2.10. The number of hydrogen-bond acceptors (Lipinski definition) is 2. The van der Waals surface area contributed by atoms with Gasteiger partial charge in [-0.05, 0) is 37.3 Å². The van der Waals surface area contributed by atoms with Gasteiger partial charge in [-0.2, -0.15) is 0 Å². The van der Waals surface area contributed by atoms with E-state index in [1.54, 1.807) is 18.3 Å². The van der Waals surface area contributed by atoms with Gasteiger partial charge < -0.3 is 5.73 Å². The van der Waals surface area contributed by atoms with Gasteiger partial charge in [0.25, 0.3) is 0 Å². The summed E-state index contributed by atoms with van der Waals surface area (Å²) in [6.07, 6.45) is 10.6. The third kappa shape index (κ3) is 5.11. The van der Waals surface area contributed by atoms with Crippen LogP contribution in [0.1, 0.15) is 24.8 Å². The number of aromatic nitrogens is 1. The number of amides is 1. The molecule has 1 aromatic heterocycles. The molecule has 1 heterocycles. The minimum Gasteiger partial charge on any atom is -0.366 e. The molecule has 17 heavy (non-hydrogen) atoms. The van der Waals surface area contributed by atoms with Gasteiger partial charge in [-0.25, -0.2) is 0 Å². The van der Waals surface area contributed by atoms with Gasteiger partial charge >= 0.3 is 0 Å². The van der Waals surface area contributed by atoms with Crippen molar-refractivity contribution in [1.82, 2.24) is 4.98 Å². The van der Waals surface area contributed by atoms with Crippen LogP contribution in [0.25, 0.3) is 0 Å². The molecule has 0 atom stereocenters. The van der Waals surface area contributed by atoms with E-state index in [2.05, 4.69) is 17.6 Å². The summed E-state index contributed by atoms with van der Waals surface area (Å²) in [6.45, 7) is 3.57. The van der Waals surface area contributed by atoms with E-state index in [1.165, 1.54) is 5.56 Å². The molecule has 0 aliphatic heterocycles. The number of carbonyl (C=O) groups excluding carboxylic acids is 1. The number of rotatable bonds is 7. The first-order valence-corrected chi connectivity index (χ1v) is 5.74. The van der Waals surface area contributed by atoms with E-state index in [4.69, 9.17) is 5.73 Å². The van der Waals surface area contributed by atoms with Gasteiger partial charge in [0.05, 0.1) is 0 Å². The Morgan fingerprint density at radius 2 is 2.29 bits per heavy atom. The molecule has 1 amide bonds. The molecule has 0 spiro atoms. The van der Waals surface area contributed by atoms with E-state index in [9.17, 15) is 4.79 Å². The second kappa shape index (κ2) is 7.39. The van der Waals surface area contributed by atoms with Crippen LogP contribution in [-0.2, 0) is 11.2 Å². The molecule has 1 rings (SSSR count). The number of pyridine rings is 1. The molecule has 0 aliphatic rings. The van der Waals surface area contributed by atoms with Crippen molar-refractivity contribution >= 4 is 5.91 Å². The van der Waals surface area contributed by atoms with Gasteiger partial charge in [0.15, 0.2) is 0 Å². The Labute approximate surface area is 102 Å². The highest BCUT2D eigenvalue weighted by atomic mass is 16.1. The third-order valence-corrected chi connectivity index (χ3v) is 2.52. The van der Waals surface area contributed by atoms with Crippen molar-refractivity contribution in [2.45, 2.75) is 25.7 Å². The van der Waals surface area contributed by atoms with Crippen molar-refractivity contribution in [3.8, 4) is 0 Å². The predicted octanol–water partition coefficient (Wildman–Crippen LogP) is 2.39. The van der Waals surface area contributed by atoms with Crippen LogP contribution in [0.4, 0.5) is 0 Å². The van der Waals surface area contributed by atoms with E-state index < -0.39 is 0 Å². The predicted molar refractivity (Wildman–Crippen MR) is 69.3 cm³/mol. The Morgan fingerprint density at radius 3 is 2.88 bits per heavy atom. The van der Waals surface area contributed by atoms with Crippen LogP contribution in [0.15, 0.2) is 48.8 Å². The van der Waals surface area contributed by atoms with Crippen molar-refractivity contribution in [1.29, 1.82) is 0 Å². The molecule has 0 fully saturated rings. The Morgan fingerprint density at radius 1 is 1.47 bits per heavy atom. The van der Waals surface area contributed by atoms with Crippen LogP contribution in [0.2, 0.25) is 0 Å². The van der Waals surface area contributed by atoms with Crippen molar-refractivity contribution in [2.75, 3.05) is 0 Å². The number of carbonyl (C=O) groups is 1. The van der Waals surface area contributed by atoms with E-state index in [-0.39, 0.29) is 5.91 Å². The first-order valence-electron chi connectivity index (χ1n) is 5.74. The summed E-state index contributed by atoms with van der Waals surface area (Å²) < 4.78 is 0. The van der Waals surface area contributed by atoms with Gasteiger partial charge in [0, 0.05) is 18.0 Å². The Bertz CT molecular complexity index is 396. The molecule has 0 radical (unpaired) electrons. The Balaban J connectivity index is 2.30. The van der Waals surface area contributed by atoms with Crippen LogP contribution < -0.4 is 5.73 Å². The normalized spacial score (nSPS) is 11.2. The Kier molecular flexibility index (Phi) is 5.72. The molecule has 3 nitrogen and oxygen atoms in total. The summed E-state index contributed by atoms with van der Waals surface area (Å²) in [6, 6.07) is 3.99. The number of nitrogens with two attached hydrogens (primary N) is 1. The van der Waals surface area contributed by atoms with Crippen LogP contribution in [-0.4, -0.2) is 10.9 Å². The lowest BCUT2D eigenvalue weighted by atomic mass is 10.0. The summed E-state index contributed by atoms with van der Waals surface area (Å²) in [5.41, 5.74) is 7.12. The smallest absolute Gasteiger partial charge is 0.244 e. The molecule has 3 heteroatoms. The monoisotopic (exact) mass is 230 g/mol. The van der Waals surface area contributed by atoms with E-state index >= 15 is 0 Å². The number of primary amides is 1. The average Bonchev–Trinajstić information content (AvgIpc) is 2.34. The first kappa shape index (κ1) is 13.2. The van der Waals surface area contributed by atoms with E-state index in [1.807, 2.05) is 12.3 Å². The Hall–Kier alpha value is -1.90. The SMILES string of the molecule is C=CC=C(CCCCc1cccnc1)C(N)=O. The largest absolute Gasteiger partial charge is 0.366 e. The van der Waals surface area contributed by atoms with Gasteiger partial charge in [-0.3, -0.25) is 9.78 Å².